The van der Waals surface area contributed by atoms with E-state index in [9.17, 15) is 4.39 Å². The number of pyridine rings is 3. The summed E-state index contributed by atoms with van der Waals surface area (Å²) in [6.07, 6.45) is 7.87. The van der Waals surface area contributed by atoms with Crippen LogP contribution in [0.4, 0.5) is 10.2 Å². The monoisotopic (exact) mass is 409 g/mol. The molecule has 4 rings (SSSR count). The molecule has 4 aromatic heterocycles. The maximum Gasteiger partial charge on any atom is 0.218 e. The number of ether oxygens (including phenoxy) is 1. The van der Waals surface area contributed by atoms with E-state index in [4.69, 9.17) is 4.74 Å². The molecule has 6 nitrogen and oxygen atoms in total. The van der Waals surface area contributed by atoms with Crippen LogP contribution in [0.1, 0.15) is 16.7 Å². The predicted molar refractivity (Wildman–Crippen MR) is 113 cm³/mol. The fourth-order valence-corrected chi connectivity index (χ4v) is 3.42. The van der Waals surface area contributed by atoms with Crippen LogP contribution in [0.3, 0.4) is 0 Å². The van der Waals surface area contributed by atoms with E-state index in [-0.39, 0.29) is 0 Å². The summed E-state index contributed by atoms with van der Waals surface area (Å²) in [4.78, 5) is 16.8. The molecular formula is C21H20FN5OS. The van der Waals surface area contributed by atoms with E-state index in [1.54, 1.807) is 43.3 Å². The lowest BCUT2D eigenvalue weighted by molar-refractivity contribution is 0.397. The number of rotatable bonds is 7. The minimum atomic E-state index is -0.480. The molecule has 0 amide bonds. The normalized spacial score (nSPS) is 11.0. The summed E-state index contributed by atoms with van der Waals surface area (Å²) in [7, 11) is 1.57. The first-order chi connectivity index (χ1) is 14.2. The minimum absolute atomic E-state index is 0.445. The van der Waals surface area contributed by atoms with Crippen molar-refractivity contribution in [2.24, 2.45) is 0 Å². The molecule has 0 saturated heterocycles. The topological polar surface area (TPSA) is 75.7 Å². The van der Waals surface area contributed by atoms with Crippen LogP contribution >= 0.6 is 11.8 Å². The summed E-state index contributed by atoms with van der Waals surface area (Å²) >= 11 is 1.63. The van der Waals surface area contributed by atoms with E-state index in [0.29, 0.717) is 30.2 Å². The van der Waals surface area contributed by atoms with Crippen LogP contribution in [0.25, 0.3) is 11.0 Å². The molecule has 0 fully saturated rings. The Labute approximate surface area is 172 Å². The molecule has 0 aliphatic rings. The number of halogens is 1. The Morgan fingerprint density at radius 2 is 2.03 bits per heavy atom. The third-order valence-corrected chi connectivity index (χ3v) is 5.31. The number of H-pyrrole nitrogens is 1. The van der Waals surface area contributed by atoms with Gasteiger partial charge in [-0.05, 0) is 29.5 Å². The number of thioether (sulfide) groups is 1. The summed E-state index contributed by atoms with van der Waals surface area (Å²) < 4.78 is 19.6. The van der Waals surface area contributed by atoms with Crippen LogP contribution in [-0.2, 0) is 13.0 Å². The molecular weight excluding hydrogens is 389 g/mol. The quantitative estimate of drug-likeness (QED) is 0.348. The zero-order chi connectivity index (χ0) is 20.2. The Morgan fingerprint density at radius 3 is 2.76 bits per heavy atom. The molecule has 2 N–H and O–H groups in total. The van der Waals surface area contributed by atoms with Crippen LogP contribution in [0.15, 0.2) is 53.8 Å². The summed E-state index contributed by atoms with van der Waals surface area (Å²) in [5, 5.41) is 4.12. The summed E-state index contributed by atoms with van der Waals surface area (Å²) in [5.41, 5.74) is 3.29. The van der Waals surface area contributed by atoms with Gasteiger partial charge < -0.3 is 15.0 Å². The molecule has 0 aliphatic heterocycles. The SMILES string of the molecule is COc1ccc(CNc2ccc(Cc3c[nH]c4ncc(SC)cc34)c(F)n2)cn1. The lowest BCUT2D eigenvalue weighted by atomic mass is 10.1. The van der Waals surface area contributed by atoms with Gasteiger partial charge in [0.15, 0.2) is 0 Å². The molecule has 4 heterocycles. The number of nitrogens with zero attached hydrogens (tertiary/aromatic N) is 3. The highest BCUT2D eigenvalue weighted by atomic mass is 32.2. The Morgan fingerprint density at radius 1 is 1.14 bits per heavy atom. The summed E-state index contributed by atoms with van der Waals surface area (Å²) in [5.74, 6) is 0.554. The van der Waals surface area contributed by atoms with Crippen molar-refractivity contribution < 1.29 is 9.13 Å². The van der Waals surface area contributed by atoms with Gasteiger partial charge in [-0.15, -0.1) is 11.8 Å². The van der Waals surface area contributed by atoms with Gasteiger partial charge in [-0.1, -0.05) is 12.1 Å². The van der Waals surface area contributed by atoms with Crippen molar-refractivity contribution in [3.63, 3.8) is 0 Å². The van der Waals surface area contributed by atoms with Crippen molar-refractivity contribution in [1.29, 1.82) is 0 Å². The second kappa shape index (κ2) is 8.48. The van der Waals surface area contributed by atoms with Gasteiger partial charge in [0.1, 0.15) is 11.5 Å². The van der Waals surface area contributed by atoms with Gasteiger partial charge in [-0.25, -0.2) is 15.0 Å². The number of hydrogen-bond acceptors (Lipinski definition) is 6. The largest absolute Gasteiger partial charge is 0.481 e. The predicted octanol–water partition coefficient (Wildman–Crippen LogP) is 4.43. The molecule has 0 aliphatic carbocycles. The van der Waals surface area contributed by atoms with Gasteiger partial charge in [-0.2, -0.15) is 4.39 Å². The standard InChI is InChI=1S/C21H20FN5OS/c1-28-19-6-3-13(10-24-19)9-23-18-5-4-14(20(22)27-18)7-15-11-25-21-17(15)8-16(29-2)12-26-21/h3-6,8,10-12H,7,9H2,1-2H3,(H,23,27)(H,25,26). The van der Waals surface area contributed by atoms with Gasteiger partial charge >= 0.3 is 0 Å². The van der Waals surface area contributed by atoms with Crippen LogP contribution in [0.2, 0.25) is 0 Å². The highest BCUT2D eigenvalue weighted by Gasteiger charge is 2.11. The van der Waals surface area contributed by atoms with Crippen molar-refractivity contribution in [2.75, 3.05) is 18.7 Å². The first-order valence-corrected chi connectivity index (χ1v) is 10.3. The van der Waals surface area contributed by atoms with E-state index in [1.165, 1.54) is 0 Å². The number of aromatic nitrogens is 4. The first-order valence-electron chi connectivity index (χ1n) is 9.04. The summed E-state index contributed by atoms with van der Waals surface area (Å²) in [6, 6.07) is 9.31. The fraction of sp³-hybridized carbons (Fsp3) is 0.190. The number of methoxy groups -OCH3 is 1. The average Bonchev–Trinajstić information content (AvgIpc) is 3.16. The van der Waals surface area contributed by atoms with E-state index < -0.39 is 5.95 Å². The highest BCUT2D eigenvalue weighted by Crippen LogP contribution is 2.25. The molecule has 8 heteroatoms. The molecule has 0 radical (unpaired) electrons. The average molecular weight is 409 g/mol. The molecule has 29 heavy (non-hydrogen) atoms. The van der Waals surface area contributed by atoms with E-state index in [0.717, 1.165) is 27.1 Å². The van der Waals surface area contributed by atoms with Crippen LogP contribution in [-0.4, -0.2) is 33.3 Å². The van der Waals surface area contributed by atoms with Crippen LogP contribution in [0, 0.1) is 5.95 Å². The fourth-order valence-electron chi connectivity index (χ4n) is 3.02. The van der Waals surface area contributed by atoms with Crippen molar-refractivity contribution in [3.8, 4) is 5.88 Å². The zero-order valence-electron chi connectivity index (χ0n) is 16.1. The van der Waals surface area contributed by atoms with Crippen LogP contribution < -0.4 is 10.1 Å². The van der Waals surface area contributed by atoms with Gasteiger partial charge in [0.25, 0.3) is 0 Å². The van der Waals surface area contributed by atoms with Crippen molar-refractivity contribution in [1.82, 2.24) is 19.9 Å². The molecule has 148 valence electrons. The first kappa shape index (κ1) is 19.2. The van der Waals surface area contributed by atoms with Gasteiger partial charge in [-0.3, -0.25) is 0 Å². The second-order valence-electron chi connectivity index (χ2n) is 6.47. The zero-order valence-corrected chi connectivity index (χ0v) is 16.9. The number of aromatic amines is 1. The summed E-state index contributed by atoms with van der Waals surface area (Å²) in [6.45, 7) is 0.494. The number of fused-ring (bicyclic) bond motifs is 1. The lowest BCUT2D eigenvalue weighted by Crippen LogP contribution is -2.04. The van der Waals surface area contributed by atoms with Crippen LogP contribution in [0.5, 0.6) is 5.88 Å². The third kappa shape index (κ3) is 4.32. The molecule has 0 atom stereocenters. The Hall–Kier alpha value is -3.13. The molecule has 0 unspecified atom stereocenters. The number of nitrogens with one attached hydrogen (secondary N) is 2. The van der Waals surface area contributed by atoms with Crippen molar-refractivity contribution in [3.05, 3.63) is 71.6 Å². The Balaban J connectivity index is 1.47. The molecule has 4 aromatic rings. The maximum atomic E-state index is 14.6. The van der Waals surface area contributed by atoms with Crippen molar-refractivity contribution in [2.45, 2.75) is 17.9 Å². The molecule has 0 saturated carbocycles. The van der Waals surface area contributed by atoms with Gasteiger partial charge in [0, 0.05) is 53.5 Å². The molecule has 0 spiro atoms. The highest BCUT2D eigenvalue weighted by molar-refractivity contribution is 7.98. The number of anilines is 1. The van der Waals surface area contributed by atoms with Gasteiger partial charge in [0.05, 0.1) is 7.11 Å². The third-order valence-electron chi connectivity index (χ3n) is 4.61. The Kier molecular flexibility index (Phi) is 5.62. The van der Waals surface area contributed by atoms with E-state index in [1.807, 2.05) is 24.7 Å². The van der Waals surface area contributed by atoms with E-state index in [2.05, 4.69) is 31.3 Å². The van der Waals surface area contributed by atoms with Gasteiger partial charge in [0.2, 0.25) is 11.8 Å². The second-order valence-corrected chi connectivity index (χ2v) is 7.35. The minimum Gasteiger partial charge on any atom is -0.481 e. The maximum absolute atomic E-state index is 14.6. The van der Waals surface area contributed by atoms with Crippen molar-refractivity contribution >= 4 is 28.6 Å². The Bertz CT molecular complexity index is 1130. The molecule has 0 aromatic carbocycles. The molecule has 0 bridgehead atoms. The number of hydrogen-bond donors (Lipinski definition) is 2. The smallest absolute Gasteiger partial charge is 0.218 e. The lowest BCUT2D eigenvalue weighted by Gasteiger charge is -2.08. The van der Waals surface area contributed by atoms with E-state index >= 15 is 0 Å².